The van der Waals surface area contributed by atoms with Crippen molar-refractivity contribution in [1.29, 1.82) is 0 Å². The van der Waals surface area contributed by atoms with Gasteiger partial charge in [-0.3, -0.25) is 0 Å². The van der Waals surface area contributed by atoms with Crippen molar-refractivity contribution >= 4 is 40.4 Å². The Morgan fingerprint density at radius 3 is 2.38 bits per heavy atom. The molecule has 4 aromatic rings. The maximum absolute atomic E-state index is 9.40. The highest BCUT2D eigenvalue weighted by atomic mass is 35.5. The molecule has 0 amide bonds. The van der Waals surface area contributed by atoms with Gasteiger partial charge in [-0.2, -0.15) is 4.52 Å². The van der Waals surface area contributed by atoms with Crippen molar-refractivity contribution in [3.05, 3.63) is 76.0 Å². The first-order valence-electron chi connectivity index (χ1n) is 7.79. The van der Waals surface area contributed by atoms with E-state index in [9.17, 15) is 5.11 Å². The van der Waals surface area contributed by atoms with Crippen LogP contribution < -0.4 is 5.32 Å². The van der Waals surface area contributed by atoms with Gasteiger partial charge in [0.25, 0.3) is 0 Å². The lowest BCUT2D eigenvalue weighted by Gasteiger charge is -2.07. The number of aromatic hydroxyl groups is 1. The van der Waals surface area contributed by atoms with Gasteiger partial charge in [-0.05, 0) is 48.0 Å². The average Bonchev–Trinajstić information content (AvgIpc) is 2.98. The van der Waals surface area contributed by atoms with E-state index in [4.69, 9.17) is 23.2 Å². The molecule has 2 heterocycles. The van der Waals surface area contributed by atoms with Crippen molar-refractivity contribution in [2.24, 2.45) is 0 Å². The van der Waals surface area contributed by atoms with Gasteiger partial charge in [0, 0.05) is 22.2 Å². The topological polar surface area (TPSA) is 75.3 Å². The minimum atomic E-state index is 0.227. The van der Waals surface area contributed by atoms with Crippen LogP contribution in [-0.4, -0.2) is 24.9 Å². The van der Waals surface area contributed by atoms with Crippen LogP contribution in [0.3, 0.4) is 0 Å². The predicted molar refractivity (Wildman–Crippen MR) is 101 cm³/mol. The minimum absolute atomic E-state index is 0.227. The average molecular weight is 386 g/mol. The summed E-state index contributed by atoms with van der Waals surface area (Å²) >= 11 is 12.1. The fourth-order valence-corrected chi connectivity index (χ4v) is 3.11. The van der Waals surface area contributed by atoms with Crippen molar-refractivity contribution < 1.29 is 5.11 Å². The van der Waals surface area contributed by atoms with Gasteiger partial charge in [0.2, 0.25) is 0 Å². The second-order valence-corrected chi connectivity index (χ2v) is 6.60. The van der Waals surface area contributed by atoms with Crippen LogP contribution in [0.5, 0.6) is 5.75 Å². The van der Waals surface area contributed by atoms with Crippen LogP contribution in [0.25, 0.3) is 5.65 Å². The molecular formula is C18H13Cl2N5O. The molecule has 6 nitrogen and oxygen atoms in total. The first kappa shape index (κ1) is 16.6. The molecule has 2 N–H and O–H groups in total. The number of fused-ring (bicyclic) bond motifs is 1. The van der Waals surface area contributed by atoms with E-state index in [-0.39, 0.29) is 5.75 Å². The highest BCUT2D eigenvalue weighted by Crippen LogP contribution is 2.24. The Kier molecular flexibility index (Phi) is 4.36. The van der Waals surface area contributed by atoms with E-state index in [2.05, 4.69) is 20.6 Å². The molecular weight excluding hydrogens is 373 g/mol. The van der Waals surface area contributed by atoms with Gasteiger partial charge in [0.15, 0.2) is 17.3 Å². The summed E-state index contributed by atoms with van der Waals surface area (Å²) < 4.78 is 1.68. The molecule has 26 heavy (non-hydrogen) atoms. The van der Waals surface area contributed by atoms with Crippen LogP contribution >= 0.6 is 23.2 Å². The Balaban J connectivity index is 1.64. The summed E-state index contributed by atoms with van der Waals surface area (Å²) in [5.74, 6) is 1.53. The number of anilines is 2. The van der Waals surface area contributed by atoms with E-state index in [1.807, 2.05) is 24.3 Å². The van der Waals surface area contributed by atoms with E-state index in [0.717, 1.165) is 11.3 Å². The lowest BCUT2D eigenvalue weighted by atomic mass is 10.1. The molecule has 4 rings (SSSR count). The zero-order valence-electron chi connectivity index (χ0n) is 13.4. The van der Waals surface area contributed by atoms with Crippen LogP contribution in [0.15, 0.2) is 54.6 Å². The molecule has 2 aromatic heterocycles. The Labute approximate surface area is 159 Å². The maximum atomic E-state index is 9.40. The van der Waals surface area contributed by atoms with Gasteiger partial charge in [-0.15, -0.1) is 15.3 Å². The third-order valence-corrected chi connectivity index (χ3v) is 4.20. The van der Waals surface area contributed by atoms with Crippen molar-refractivity contribution in [1.82, 2.24) is 19.8 Å². The molecule has 0 spiro atoms. The van der Waals surface area contributed by atoms with Crippen LogP contribution in [0.1, 0.15) is 11.4 Å². The fourth-order valence-electron chi connectivity index (χ4n) is 2.58. The Morgan fingerprint density at radius 1 is 0.923 bits per heavy atom. The smallest absolute Gasteiger partial charge is 0.178 e. The third-order valence-electron chi connectivity index (χ3n) is 3.76. The van der Waals surface area contributed by atoms with Gasteiger partial charge in [0.1, 0.15) is 5.75 Å². The largest absolute Gasteiger partial charge is 0.508 e. The summed E-state index contributed by atoms with van der Waals surface area (Å²) in [4.78, 5) is 0. The standard InChI is InChI=1S/C18H13Cl2N5O/c19-12-8-13(20)10-14(9-12)21-16-5-6-17-22-23-18(25(17)24-16)7-11-1-3-15(26)4-2-11/h1-6,8-10,26H,7H2,(H,21,24). The highest BCUT2D eigenvalue weighted by Gasteiger charge is 2.09. The number of phenols is 1. The Hall–Kier alpha value is -2.83. The molecule has 2 aromatic carbocycles. The van der Waals surface area contributed by atoms with Crippen molar-refractivity contribution in [3.63, 3.8) is 0 Å². The number of nitrogens with one attached hydrogen (secondary N) is 1. The van der Waals surface area contributed by atoms with Gasteiger partial charge < -0.3 is 10.4 Å². The molecule has 8 heteroatoms. The van der Waals surface area contributed by atoms with Gasteiger partial charge in [0.05, 0.1) is 0 Å². The summed E-state index contributed by atoms with van der Waals surface area (Å²) in [6.07, 6.45) is 0.543. The van der Waals surface area contributed by atoms with Crippen LogP contribution in [0, 0.1) is 0 Å². The number of hydrogen-bond acceptors (Lipinski definition) is 5. The van der Waals surface area contributed by atoms with E-state index in [0.29, 0.717) is 33.8 Å². The highest BCUT2D eigenvalue weighted by molar-refractivity contribution is 6.35. The quantitative estimate of drug-likeness (QED) is 0.541. The number of benzene rings is 2. The van der Waals surface area contributed by atoms with Crippen molar-refractivity contribution in [2.75, 3.05) is 5.32 Å². The van der Waals surface area contributed by atoms with E-state index < -0.39 is 0 Å². The number of nitrogens with zero attached hydrogens (tertiary/aromatic N) is 4. The van der Waals surface area contributed by atoms with Crippen LogP contribution in [0.2, 0.25) is 10.0 Å². The number of halogens is 2. The number of hydrogen-bond donors (Lipinski definition) is 2. The normalized spacial score (nSPS) is 11.0. The number of phenolic OH excluding ortho intramolecular Hbond substituents is 1. The monoisotopic (exact) mass is 385 g/mol. The summed E-state index contributed by atoms with van der Waals surface area (Å²) in [6, 6.07) is 15.8. The second-order valence-electron chi connectivity index (χ2n) is 5.73. The molecule has 0 aliphatic carbocycles. The lowest BCUT2D eigenvalue weighted by Crippen LogP contribution is -2.03. The maximum Gasteiger partial charge on any atom is 0.178 e. The fraction of sp³-hybridized carbons (Fsp3) is 0.0556. The summed E-state index contributed by atoms with van der Waals surface area (Å²) in [6.45, 7) is 0. The van der Waals surface area contributed by atoms with Crippen molar-refractivity contribution in [3.8, 4) is 5.75 Å². The zero-order chi connectivity index (χ0) is 18.1. The molecule has 0 atom stereocenters. The molecule has 0 radical (unpaired) electrons. The molecule has 0 fully saturated rings. The molecule has 0 aliphatic rings. The lowest BCUT2D eigenvalue weighted by molar-refractivity contribution is 0.475. The molecule has 0 saturated heterocycles. The van der Waals surface area contributed by atoms with E-state index in [1.165, 1.54) is 0 Å². The summed E-state index contributed by atoms with van der Waals surface area (Å²) in [5, 5.41) is 26.6. The SMILES string of the molecule is Oc1ccc(Cc2nnc3ccc(Nc4cc(Cl)cc(Cl)c4)nn23)cc1. The Morgan fingerprint density at radius 2 is 1.65 bits per heavy atom. The van der Waals surface area contributed by atoms with Gasteiger partial charge in [-0.1, -0.05) is 35.3 Å². The third kappa shape index (κ3) is 3.56. The molecule has 0 aliphatic heterocycles. The van der Waals surface area contributed by atoms with Gasteiger partial charge >= 0.3 is 0 Å². The van der Waals surface area contributed by atoms with Crippen LogP contribution in [0.4, 0.5) is 11.5 Å². The second kappa shape index (κ2) is 6.82. The first-order chi connectivity index (χ1) is 12.6. The van der Waals surface area contributed by atoms with Crippen molar-refractivity contribution in [2.45, 2.75) is 6.42 Å². The molecule has 0 saturated carbocycles. The predicted octanol–water partition coefficient (Wildman–Crippen LogP) is 4.47. The first-order valence-corrected chi connectivity index (χ1v) is 8.55. The molecule has 0 unspecified atom stereocenters. The molecule has 0 bridgehead atoms. The Bertz CT molecular complexity index is 1060. The minimum Gasteiger partial charge on any atom is -0.508 e. The zero-order valence-corrected chi connectivity index (χ0v) is 14.9. The van der Waals surface area contributed by atoms with E-state index >= 15 is 0 Å². The van der Waals surface area contributed by atoms with Gasteiger partial charge in [-0.25, -0.2) is 0 Å². The number of rotatable bonds is 4. The van der Waals surface area contributed by atoms with E-state index in [1.54, 1.807) is 34.8 Å². The summed E-state index contributed by atoms with van der Waals surface area (Å²) in [7, 11) is 0. The number of aromatic nitrogens is 4. The van der Waals surface area contributed by atoms with Crippen LogP contribution in [-0.2, 0) is 6.42 Å². The summed E-state index contributed by atoms with van der Waals surface area (Å²) in [5.41, 5.74) is 2.38. The molecule has 130 valence electrons.